The molecule has 3 heterocycles. The van der Waals surface area contributed by atoms with Gasteiger partial charge in [0, 0.05) is 38.1 Å². The molecule has 0 radical (unpaired) electrons. The molecule has 2 aromatic rings. The number of ether oxygens (including phenoxy) is 2. The fraction of sp³-hybridized carbons (Fsp3) is 0.560. The maximum atomic E-state index is 12.9. The highest BCUT2D eigenvalue weighted by Gasteiger charge is 2.29. The summed E-state index contributed by atoms with van der Waals surface area (Å²) in [6, 6.07) is 9.48. The van der Waals surface area contributed by atoms with E-state index >= 15 is 0 Å². The molecule has 1 aromatic heterocycles. The average Bonchev–Trinajstić information content (AvgIpc) is 3.25. The molecular weight excluding hydrogens is 452 g/mol. The molecule has 34 heavy (non-hydrogen) atoms. The number of thiazole rings is 1. The van der Waals surface area contributed by atoms with Crippen molar-refractivity contribution in [2.24, 2.45) is 5.92 Å². The second-order valence-electron chi connectivity index (χ2n) is 9.18. The minimum atomic E-state index is -0.221. The number of para-hydroxylation sites is 1. The lowest BCUT2D eigenvalue weighted by atomic mass is 9.97. The van der Waals surface area contributed by atoms with Gasteiger partial charge in [-0.05, 0) is 38.8 Å². The van der Waals surface area contributed by atoms with Crippen molar-refractivity contribution in [3.8, 4) is 5.75 Å². The SMILES string of the molecule is CC1CN(Cc2csc(NC(=O)C3CCCN(C(=O)CCOc4ccccc4)C3)n2)CC(C)O1. The van der Waals surface area contributed by atoms with Gasteiger partial charge in [0.2, 0.25) is 11.8 Å². The molecule has 3 atom stereocenters. The van der Waals surface area contributed by atoms with Gasteiger partial charge in [0.05, 0.1) is 36.8 Å². The lowest BCUT2D eigenvalue weighted by Gasteiger charge is -2.34. The van der Waals surface area contributed by atoms with Gasteiger partial charge in [-0.15, -0.1) is 11.3 Å². The Kier molecular flexibility index (Phi) is 8.53. The van der Waals surface area contributed by atoms with Crippen LogP contribution in [0.1, 0.15) is 38.8 Å². The third-order valence-electron chi connectivity index (χ3n) is 6.14. The Hall–Kier alpha value is -2.49. The van der Waals surface area contributed by atoms with Gasteiger partial charge < -0.3 is 19.7 Å². The van der Waals surface area contributed by atoms with E-state index in [0.29, 0.717) is 31.2 Å². The molecule has 0 saturated carbocycles. The number of rotatable bonds is 8. The Balaban J connectivity index is 1.23. The number of hydrogen-bond donors (Lipinski definition) is 1. The number of piperidine rings is 1. The Morgan fingerprint density at radius 3 is 2.71 bits per heavy atom. The minimum absolute atomic E-state index is 0.0268. The highest BCUT2D eigenvalue weighted by Crippen LogP contribution is 2.23. The van der Waals surface area contributed by atoms with Crippen molar-refractivity contribution in [2.45, 2.75) is 51.9 Å². The smallest absolute Gasteiger partial charge is 0.231 e. The normalized spacial score (nSPS) is 23.5. The molecule has 0 spiro atoms. The monoisotopic (exact) mass is 486 g/mol. The van der Waals surface area contributed by atoms with E-state index in [0.717, 1.165) is 43.9 Å². The van der Waals surface area contributed by atoms with E-state index < -0.39 is 0 Å². The third-order valence-corrected chi connectivity index (χ3v) is 6.94. The largest absolute Gasteiger partial charge is 0.493 e. The number of nitrogens with one attached hydrogen (secondary N) is 1. The van der Waals surface area contributed by atoms with Crippen LogP contribution in [0.3, 0.4) is 0 Å². The quantitative estimate of drug-likeness (QED) is 0.616. The van der Waals surface area contributed by atoms with Crippen LogP contribution in [0.4, 0.5) is 5.13 Å². The van der Waals surface area contributed by atoms with E-state index in [1.807, 2.05) is 35.7 Å². The lowest BCUT2D eigenvalue weighted by Crippen LogP contribution is -2.44. The van der Waals surface area contributed by atoms with Crippen LogP contribution in [0.2, 0.25) is 0 Å². The predicted molar refractivity (Wildman–Crippen MR) is 132 cm³/mol. The van der Waals surface area contributed by atoms with Crippen LogP contribution in [0.5, 0.6) is 5.75 Å². The number of hydrogen-bond acceptors (Lipinski definition) is 7. The molecule has 0 bridgehead atoms. The number of morpholine rings is 1. The van der Waals surface area contributed by atoms with Crippen LogP contribution in [0, 0.1) is 5.92 Å². The molecule has 2 fully saturated rings. The molecule has 0 aliphatic carbocycles. The standard InChI is InChI=1S/C25H34N4O4S/c1-18-13-28(14-19(2)33-18)16-21-17-34-25(26-21)27-24(31)20-7-6-11-29(15-20)23(30)10-12-32-22-8-4-3-5-9-22/h3-5,8-9,17-20H,6-7,10-16H2,1-2H3,(H,26,27,31). The minimum Gasteiger partial charge on any atom is -0.493 e. The summed E-state index contributed by atoms with van der Waals surface area (Å²) in [5, 5.41) is 5.60. The summed E-state index contributed by atoms with van der Waals surface area (Å²) in [6.45, 7) is 8.15. The second kappa shape index (κ2) is 11.8. The Labute approximate surface area is 205 Å². The average molecular weight is 487 g/mol. The fourth-order valence-electron chi connectivity index (χ4n) is 4.64. The van der Waals surface area contributed by atoms with Crippen molar-refractivity contribution in [2.75, 3.05) is 38.1 Å². The molecule has 9 heteroatoms. The molecule has 1 aromatic carbocycles. The lowest BCUT2D eigenvalue weighted by molar-refractivity contribution is -0.135. The first-order chi connectivity index (χ1) is 16.5. The number of likely N-dealkylation sites (tertiary alicyclic amines) is 1. The van der Waals surface area contributed by atoms with Crippen molar-refractivity contribution < 1.29 is 19.1 Å². The number of carbonyl (C=O) groups excluding carboxylic acids is 2. The van der Waals surface area contributed by atoms with Crippen LogP contribution >= 0.6 is 11.3 Å². The van der Waals surface area contributed by atoms with Gasteiger partial charge in [-0.1, -0.05) is 18.2 Å². The van der Waals surface area contributed by atoms with Crippen molar-refractivity contribution in [3.05, 3.63) is 41.4 Å². The van der Waals surface area contributed by atoms with E-state index in [2.05, 4.69) is 29.0 Å². The van der Waals surface area contributed by atoms with E-state index in [1.54, 1.807) is 4.90 Å². The van der Waals surface area contributed by atoms with Crippen LogP contribution in [0.15, 0.2) is 35.7 Å². The van der Waals surface area contributed by atoms with Gasteiger partial charge in [-0.25, -0.2) is 4.98 Å². The van der Waals surface area contributed by atoms with E-state index in [4.69, 9.17) is 9.47 Å². The maximum absolute atomic E-state index is 12.9. The highest BCUT2D eigenvalue weighted by molar-refractivity contribution is 7.13. The maximum Gasteiger partial charge on any atom is 0.231 e. The summed E-state index contributed by atoms with van der Waals surface area (Å²) in [5.41, 5.74) is 0.959. The van der Waals surface area contributed by atoms with E-state index in [1.165, 1.54) is 11.3 Å². The molecule has 2 saturated heterocycles. The molecule has 2 aliphatic rings. The Morgan fingerprint density at radius 2 is 1.94 bits per heavy atom. The molecular formula is C25H34N4O4S. The van der Waals surface area contributed by atoms with Gasteiger partial charge in [0.1, 0.15) is 5.75 Å². The van der Waals surface area contributed by atoms with Crippen LogP contribution < -0.4 is 10.1 Å². The summed E-state index contributed by atoms with van der Waals surface area (Å²) in [4.78, 5) is 34.3. The van der Waals surface area contributed by atoms with E-state index in [9.17, 15) is 9.59 Å². The summed E-state index contributed by atoms with van der Waals surface area (Å²) >= 11 is 1.45. The predicted octanol–water partition coefficient (Wildman–Crippen LogP) is 3.40. The number of amides is 2. The summed E-state index contributed by atoms with van der Waals surface area (Å²) in [7, 11) is 0. The topological polar surface area (TPSA) is 84.0 Å². The van der Waals surface area contributed by atoms with Gasteiger partial charge in [-0.3, -0.25) is 14.5 Å². The van der Waals surface area contributed by atoms with Gasteiger partial charge >= 0.3 is 0 Å². The number of benzene rings is 1. The summed E-state index contributed by atoms with van der Waals surface area (Å²) < 4.78 is 11.4. The first-order valence-corrected chi connectivity index (χ1v) is 12.9. The van der Waals surface area contributed by atoms with Gasteiger partial charge in [0.25, 0.3) is 0 Å². The zero-order chi connectivity index (χ0) is 23.9. The highest BCUT2D eigenvalue weighted by atomic mass is 32.1. The van der Waals surface area contributed by atoms with Gasteiger partial charge in [0.15, 0.2) is 5.13 Å². The number of aromatic nitrogens is 1. The molecule has 2 amide bonds. The first kappa shape index (κ1) is 24.6. The Morgan fingerprint density at radius 1 is 1.18 bits per heavy atom. The molecule has 184 valence electrons. The van der Waals surface area contributed by atoms with Crippen molar-refractivity contribution in [3.63, 3.8) is 0 Å². The number of nitrogens with zero attached hydrogens (tertiary/aromatic N) is 3. The zero-order valence-electron chi connectivity index (χ0n) is 19.9. The molecule has 4 rings (SSSR count). The summed E-state index contributed by atoms with van der Waals surface area (Å²) in [5.74, 6) is 0.499. The third kappa shape index (κ3) is 7.01. The molecule has 8 nitrogen and oxygen atoms in total. The first-order valence-electron chi connectivity index (χ1n) is 12.0. The van der Waals surface area contributed by atoms with Crippen LogP contribution in [-0.4, -0.2) is 71.6 Å². The van der Waals surface area contributed by atoms with Crippen molar-refractivity contribution in [1.82, 2.24) is 14.8 Å². The molecule has 3 unspecified atom stereocenters. The van der Waals surface area contributed by atoms with E-state index in [-0.39, 0.29) is 29.9 Å². The molecule has 2 aliphatic heterocycles. The van der Waals surface area contributed by atoms with Crippen LogP contribution in [-0.2, 0) is 20.9 Å². The van der Waals surface area contributed by atoms with Crippen LogP contribution in [0.25, 0.3) is 0 Å². The Bertz CT molecular complexity index is 943. The van der Waals surface area contributed by atoms with Crippen molar-refractivity contribution in [1.29, 1.82) is 0 Å². The number of carbonyl (C=O) groups is 2. The van der Waals surface area contributed by atoms with Crippen molar-refractivity contribution >= 4 is 28.3 Å². The second-order valence-corrected chi connectivity index (χ2v) is 10.0. The molecule has 1 N–H and O–H groups in total. The summed E-state index contributed by atoms with van der Waals surface area (Å²) in [6.07, 6.45) is 2.32. The number of anilines is 1. The zero-order valence-corrected chi connectivity index (χ0v) is 20.8. The van der Waals surface area contributed by atoms with Gasteiger partial charge in [-0.2, -0.15) is 0 Å². The fourth-order valence-corrected chi connectivity index (χ4v) is 5.34.